The highest BCUT2D eigenvalue weighted by molar-refractivity contribution is 7.09. The van der Waals surface area contributed by atoms with Crippen LogP contribution in [0.2, 0.25) is 0 Å². The molecule has 118 valence electrons. The first-order valence-corrected chi connectivity index (χ1v) is 8.38. The van der Waals surface area contributed by atoms with Crippen LogP contribution in [0.3, 0.4) is 0 Å². The fourth-order valence-electron chi connectivity index (χ4n) is 2.16. The van der Waals surface area contributed by atoms with Crippen molar-refractivity contribution in [1.82, 2.24) is 10.3 Å². The van der Waals surface area contributed by atoms with Crippen molar-refractivity contribution in [3.63, 3.8) is 0 Å². The van der Waals surface area contributed by atoms with Crippen LogP contribution >= 0.6 is 11.3 Å². The van der Waals surface area contributed by atoms with Crippen LogP contribution in [-0.2, 0) is 0 Å². The summed E-state index contributed by atoms with van der Waals surface area (Å²) in [5, 5.41) is 16.0. The van der Waals surface area contributed by atoms with Crippen molar-refractivity contribution in [2.75, 3.05) is 6.54 Å². The zero-order valence-corrected chi connectivity index (χ0v) is 14.0. The van der Waals surface area contributed by atoms with E-state index in [1.807, 2.05) is 44.4 Å². The van der Waals surface area contributed by atoms with E-state index in [-0.39, 0.29) is 12.5 Å². The summed E-state index contributed by atoms with van der Waals surface area (Å²) in [6.45, 7) is 6.06. The first-order valence-electron chi connectivity index (χ1n) is 7.50. The maximum absolute atomic E-state index is 12.3. The van der Waals surface area contributed by atoms with Crippen molar-refractivity contribution < 1.29 is 9.90 Å². The molecule has 1 aromatic carbocycles. The number of nitrogens with zero attached hydrogens (tertiary/aromatic N) is 1. The zero-order chi connectivity index (χ0) is 16.2. The van der Waals surface area contributed by atoms with Gasteiger partial charge >= 0.3 is 0 Å². The first kappa shape index (κ1) is 16.6. The Bertz CT molecular complexity index is 648. The summed E-state index contributed by atoms with van der Waals surface area (Å²) in [5.74, 6) is -0.172. The topological polar surface area (TPSA) is 62.2 Å². The van der Waals surface area contributed by atoms with E-state index in [1.54, 1.807) is 17.4 Å². The average Bonchev–Trinajstić information content (AvgIpc) is 2.99. The Balaban J connectivity index is 2.11. The molecule has 2 rings (SSSR count). The van der Waals surface area contributed by atoms with Gasteiger partial charge in [0, 0.05) is 23.1 Å². The summed E-state index contributed by atoms with van der Waals surface area (Å²) in [4.78, 5) is 16.7. The van der Waals surface area contributed by atoms with Crippen LogP contribution in [0.15, 0.2) is 29.6 Å². The van der Waals surface area contributed by atoms with Gasteiger partial charge in [-0.25, -0.2) is 4.98 Å². The highest BCUT2D eigenvalue weighted by Gasteiger charge is 2.23. The van der Waals surface area contributed by atoms with E-state index >= 15 is 0 Å². The summed E-state index contributed by atoms with van der Waals surface area (Å²) in [6, 6.07) is 7.40. The number of aromatic nitrogens is 1. The smallest absolute Gasteiger partial charge is 0.251 e. The van der Waals surface area contributed by atoms with Crippen molar-refractivity contribution in [2.45, 2.75) is 39.2 Å². The second-order valence-electron chi connectivity index (χ2n) is 5.45. The molecule has 0 atom stereocenters. The third-order valence-electron chi connectivity index (χ3n) is 3.93. The number of aliphatic hydroxyl groups is 1. The van der Waals surface area contributed by atoms with E-state index in [0.717, 1.165) is 16.3 Å². The molecule has 0 saturated carbocycles. The Kier molecular flexibility index (Phi) is 5.32. The van der Waals surface area contributed by atoms with Crippen LogP contribution < -0.4 is 5.32 Å². The number of carbonyl (C=O) groups is 1. The van der Waals surface area contributed by atoms with E-state index in [2.05, 4.69) is 10.3 Å². The number of hydrogen-bond donors (Lipinski definition) is 2. The van der Waals surface area contributed by atoms with Crippen LogP contribution in [0.5, 0.6) is 0 Å². The van der Waals surface area contributed by atoms with Gasteiger partial charge in [0.2, 0.25) is 0 Å². The zero-order valence-electron chi connectivity index (χ0n) is 13.2. The summed E-state index contributed by atoms with van der Waals surface area (Å²) in [5.41, 5.74) is 1.56. The molecule has 0 radical (unpaired) electrons. The number of aryl methyl sites for hydroxylation is 1. The summed E-state index contributed by atoms with van der Waals surface area (Å²) < 4.78 is 0. The van der Waals surface area contributed by atoms with Crippen LogP contribution in [-0.4, -0.2) is 28.1 Å². The number of benzene rings is 1. The molecule has 1 aromatic heterocycles. The van der Waals surface area contributed by atoms with E-state index in [9.17, 15) is 9.90 Å². The molecule has 0 fully saturated rings. The number of amides is 1. The Labute approximate surface area is 135 Å². The predicted octanol–water partition coefficient (Wildman–Crippen LogP) is 3.40. The Morgan fingerprint density at radius 3 is 2.68 bits per heavy atom. The monoisotopic (exact) mass is 318 g/mol. The van der Waals surface area contributed by atoms with E-state index in [0.29, 0.717) is 18.4 Å². The Hall–Kier alpha value is -1.72. The number of hydrogen-bond acceptors (Lipinski definition) is 4. The molecule has 2 N–H and O–H groups in total. The fourth-order valence-corrected chi connectivity index (χ4v) is 2.78. The lowest BCUT2D eigenvalue weighted by Crippen LogP contribution is -2.42. The molecule has 22 heavy (non-hydrogen) atoms. The highest BCUT2D eigenvalue weighted by Crippen LogP contribution is 2.22. The molecule has 0 unspecified atom stereocenters. The predicted molar refractivity (Wildman–Crippen MR) is 90.2 cm³/mol. The third-order valence-corrected chi connectivity index (χ3v) is 4.71. The molecule has 4 nitrogen and oxygen atoms in total. The molecule has 0 aliphatic heterocycles. The minimum Gasteiger partial charge on any atom is -0.388 e. The van der Waals surface area contributed by atoms with Crippen molar-refractivity contribution in [1.29, 1.82) is 0 Å². The molecule has 0 aliphatic carbocycles. The maximum Gasteiger partial charge on any atom is 0.251 e. The molecule has 0 saturated heterocycles. The van der Waals surface area contributed by atoms with E-state index in [1.165, 1.54) is 0 Å². The van der Waals surface area contributed by atoms with Crippen LogP contribution in [0, 0.1) is 6.92 Å². The van der Waals surface area contributed by atoms with Crippen molar-refractivity contribution in [2.24, 2.45) is 0 Å². The average molecular weight is 318 g/mol. The van der Waals surface area contributed by atoms with Gasteiger partial charge in [0.25, 0.3) is 5.91 Å². The maximum atomic E-state index is 12.3. The second-order valence-corrected chi connectivity index (χ2v) is 6.51. The molecule has 1 amide bonds. The molecule has 0 bridgehead atoms. The van der Waals surface area contributed by atoms with Gasteiger partial charge < -0.3 is 10.4 Å². The standard InChI is InChI=1S/C17H22N2O2S/c1-4-17(21,5-2)11-18-16(20)14-8-6-7-13(9-14)15-10-22-12(3)19-15/h6-10,21H,4-5,11H2,1-3H3,(H,18,20). The SMILES string of the molecule is CCC(O)(CC)CNC(=O)c1cccc(-c2csc(C)n2)c1. The van der Waals surface area contributed by atoms with Crippen molar-refractivity contribution in [3.8, 4) is 11.3 Å². The quantitative estimate of drug-likeness (QED) is 0.858. The largest absolute Gasteiger partial charge is 0.388 e. The lowest BCUT2D eigenvalue weighted by molar-refractivity contribution is 0.0314. The fraction of sp³-hybridized carbons (Fsp3) is 0.412. The normalized spacial score (nSPS) is 11.5. The number of nitrogens with one attached hydrogen (secondary N) is 1. The lowest BCUT2D eigenvalue weighted by atomic mass is 9.97. The molecular formula is C17H22N2O2S. The van der Waals surface area contributed by atoms with Crippen molar-refractivity contribution in [3.05, 3.63) is 40.2 Å². The van der Waals surface area contributed by atoms with Gasteiger partial charge in [-0.1, -0.05) is 26.0 Å². The Morgan fingerprint density at radius 2 is 2.09 bits per heavy atom. The van der Waals surface area contributed by atoms with Gasteiger partial charge in [0.1, 0.15) is 0 Å². The Morgan fingerprint density at radius 1 is 1.36 bits per heavy atom. The number of carbonyl (C=O) groups excluding carboxylic acids is 1. The van der Waals surface area contributed by atoms with Gasteiger partial charge in [-0.05, 0) is 31.9 Å². The van der Waals surface area contributed by atoms with E-state index in [4.69, 9.17) is 0 Å². The number of thiazole rings is 1. The summed E-state index contributed by atoms with van der Waals surface area (Å²) >= 11 is 1.59. The third kappa shape index (κ3) is 3.93. The molecule has 2 aromatic rings. The van der Waals surface area contributed by atoms with Gasteiger partial charge in [-0.2, -0.15) is 0 Å². The molecule has 5 heteroatoms. The lowest BCUT2D eigenvalue weighted by Gasteiger charge is -2.25. The van der Waals surface area contributed by atoms with Crippen molar-refractivity contribution >= 4 is 17.2 Å². The van der Waals surface area contributed by atoms with Gasteiger partial charge in [-0.3, -0.25) is 4.79 Å². The molecular weight excluding hydrogens is 296 g/mol. The minimum atomic E-state index is -0.834. The van der Waals surface area contributed by atoms with Gasteiger partial charge in [-0.15, -0.1) is 11.3 Å². The second kappa shape index (κ2) is 7.03. The summed E-state index contributed by atoms with van der Waals surface area (Å²) in [7, 11) is 0. The van der Waals surface area contributed by atoms with Gasteiger partial charge in [0.15, 0.2) is 0 Å². The molecule has 0 aliphatic rings. The minimum absolute atomic E-state index is 0.172. The summed E-state index contributed by atoms with van der Waals surface area (Å²) in [6.07, 6.45) is 1.23. The van der Waals surface area contributed by atoms with Crippen LogP contribution in [0.1, 0.15) is 42.1 Å². The van der Waals surface area contributed by atoms with Gasteiger partial charge in [0.05, 0.1) is 16.3 Å². The number of rotatable bonds is 6. The van der Waals surface area contributed by atoms with Crippen LogP contribution in [0.4, 0.5) is 0 Å². The molecule has 0 spiro atoms. The van der Waals surface area contributed by atoms with Crippen LogP contribution in [0.25, 0.3) is 11.3 Å². The highest BCUT2D eigenvalue weighted by atomic mass is 32.1. The molecule has 1 heterocycles. The first-order chi connectivity index (χ1) is 10.5. The van der Waals surface area contributed by atoms with E-state index < -0.39 is 5.60 Å².